The van der Waals surface area contributed by atoms with Crippen molar-refractivity contribution in [1.29, 1.82) is 0 Å². The molecule has 0 saturated carbocycles. The molecule has 1 rings (SSSR count). The van der Waals surface area contributed by atoms with Gasteiger partial charge in [-0.05, 0) is 22.2 Å². The molecule has 0 amide bonds. The summed E-state index contributed by atoms with van der Waals surface area (Å²) in [4.78, 5) is 0. The minimum absolute atomic E-state index is 0.732. The SMILES string of the molecule is CC(C)[Si]1(C(C)C)O[Si](C(C)C)(C(C)C)[Si](C(C)C)(C(C)C)[Si]1(C(C)C)C(C)C. The first-order valence-corrected chi connectivity index (χ1v) is 24.1. The lowest BCUT2D eigenvalue weighted by Crippen LogP contribution is -2.84. The molecule has 29 heavy (non-hydrogen) atoms. The van der Waals surface area contributed by atoms with E-state index in [2.05, 4.69) is 111 Å². The molecule has 1 nitrogen and oxygen atoms in total. The average molecular weight is 473 g/mol. The summed E-state index contributed by atoms with van der Waals surface area (Å²) in [6.07, 6.45) is 0. The maximum absolute atomic E-state index is 8.26. The molecule has 5 heteroatoms. The van der Waals surface area contributed by atoms with Crippen molar-refractivity contribution in [3.05, 3.63) is 0 Å². The quantitative estimate of drug-likeness (QED) is 0.320. The number of rotatable bonds is 8. The molecule has 0 unspecified atom stereocenters. The van der Waals surface area contributed by atoms with Crippen molar-refractivity contribution < 1.29 is 4.12 Å². The molecule has 1 saturated heterocycles. The van der Waals surface area contributed by atoms with E-state index in [0.29, 0.717) is 0 Å². The van der Waals surface area contributed by atoms with Crippen molar-refractivity contribution in [3.8, 4) is 0 Å². The van der Waals surface area contributed by atoms with E-state index in [1.165, 1.54) is 0 Å². The van der Waals surface area contributed by atoms with Crippen LogP contribution in [0.3, 0.4) is 0 Å². The van der Waals surface area contributed by atoms with E-state index in [1.807, 2.05) is 0 Å². The first-order valence-electron chi connectivity index (χ1n) is 12.7. The van der Waals surface area contributed by atoms with Gasteiger partial charge in [-0.15, -0.1) is 0 Å². The van der Waals surface area contributed by atoms with Crippen LogP contribution >= 0.6 is 0 Å². The normalized spacial score (nSPS) is 23.2. The Morgan fingerprint density at radius 3 is 0.586 bits per heavy atom. The molecule has 0 spiro atoms. The Bertz CT molecular complexity index is 469. The van der Waals surface area contributed by atoms with E-state index in [9.17, 15) is 0 Å². The van der Waals surface area contributed by atoms with E-state index >= 15 is 0 Å². The molecule has 0 radical (unpaired) electrons. The summed E-state index contributed by atoms with van der Waals surface area (Å²) in [6, 6.07) is 0. The third-order valence-electron chi connectivity index (χ3n) is 9.39. The van der Waals surface area contributed by atoms with E-state index in [1.54, 1.807) is 0 Å². The fourth-order valence-electron chi connectivity index (χ4n) is 9.86. The van der Waals surface area contributed by atoms with Crippen LogP contribution in [0.2, 0.25) is 44.3 Å². The van der Waals surface area contributed by atoms with Gasteiger partial charge in [0, 0.05) is 0 Å². The fourth-order valence-corrected chi connectivity index (χ4v) is 125. The van der Waals surface area contributed by atoms with Crippen LogP contribution in [0.1, 0.15) is 111 Å². The summed E-state index contributed by atoms with van der Waals surface area (Å²) in [7, 11) is -7.39. The highest BCUT2D eigenvalue weighted by atomic mass is 29.9. The summed E-state index contributed by atoms with van der Waals surface area (Å²) in [6.45, 7) is 41.8. The van der Waals surface area contributed by atoms with Crippen LogP contribution in [-0.2, 0) is 4.12 Å². The van der Waals surface area contributed by atoms with Crippen LogP contribution in [0.4, 0.5) is 0 Å². The summed E-state index contributed by atoms with van der Waals surface area (Å²) in [5.74, 6) is 0. The second kappa shape index (κ2) is 8.99. The molecule has 0 atom stereocenters. The molecule has 0 bridgehead atoms. The van der Waals surface area contributed by atoms with Gasteiger partial charge in [0.25, 0.3) is 0 Å². The van der Waals surface area contributed by atoms with Crippen molar-refractivity contribution in [2.45, 2.75) is 155 Å². The van der Waals surface area contributed by atoms with Gasteiger partial charge in [0.15, 0.2) is 15.7 Å². The van der Waals surface area contributed by atoms with Gasteiger partial charge in [-0.25, -0.2) is 0 Å². The van der Waals surface area contributed by atoms with Gasteiger partial charge in [0.1, 0.15) is 0 Å². The summed E-state index contributed by atoms with van der Waals surface area (Å²) < 4.78 is 8.26. The molecule has 1 fully saturated rings. The van der Waals surface area contributed by atoms with Gasteiger partial charge < -0.3 is 4.12 Å². The lowest BCUT2D eigenvalue weighted by atomic mass is 10.5. The van der Waals surface area contributed by atoms with E-state index in [4.69, 9.17) is 4.12 Å². The van der Waals surface area contributed by atoms with Gasteiger partial charge in [-0.2, -0.15) is 0 Å². The van der Waals surface area contributed by atoms with Crippen LogP contribution in [0.5, 0.6) is 0 Å². The molecule has 0 N–H and O–H groups in total. The Morgan fingerprint density at radius 1 is 0.310 bits per heavy atom. The number of hydrogen-bond acceptors (Lipinski definition) is 1. The van der Waals surface area contributed by atoms with Crippen molar-refractivity contribution in [3.63, 3.8) is 0 Å². The first-order chi connectivity index (χ1) is 13.0. The molecule has 0 aromatic heterocycles. The van der Waals surface area contributed by atoms with Gasteiger partial charge in [-0.3, -0.25) is 0 Å². The maximum atomic E-state index is 8.26. The highest BCUT2D eigenvalue weighted by molar-refractivity contribution is 7.88. The van der Waals surface area contributed by atoms with Crippen molar-refractivity contribution in [2.75, 3.05) is 0 Å². The molecule has 0 aromatic rings. The van der Waals surface area contributed by atoms with Crippen LogP contribution in [0, 0.1) is 0 Å². The Balaban J connectivity index is 4.50. The molecule has 1 heterocycles. The zero-order chi connectivity index (χ0) is 23.3. The Kier molecular flexibility index (Phi) is 8.64. The minimum atomic E-state index is -1.95. The highest BCUT2D eigenvalue weighted by Gasteiger charge is 2.86. The summed E-state index contributed by atoms with van der Waals surface area (Å²) in [5, 5.41) is 0. The standard InChI is InChI=1S/C24H56OSi4/c1-17(2)26(18(3)4)25-27(19(5)6,20(7)8)29(23(13)14,24(15)16)28(26,21(9)10)22(11)12/h17-24H,1-16H3. The van der Waals surface area contributed by atoms with E-state index < -0.39 is 29.9 Å². The third kappa shape index (κ3) is 3.10. The summed E-state index contributed by atoms with van der Waals surface area (Å²) >= 11 is 0. The topological polar surface area (TPSA) is 9.23 Å². The Morgan fingerprint density at radius 2 is 0.483 bits per heavy atom. The predicted molar refractivity (Wildman–Crippen MR) is 145 cm³/mol. The zero-order valence-electron chi connectivity index (χ0n) is 23.0. The molecule has 174 valence electrons. The molecular formula is C24H56OSi4. The lowest BCUT2D eigenvalue weighted by molar-refractivity contribution is 0.494. The first kappa shape index (κ1) is 27.9. The maximum Gasteiger partial charge on any atom is 0.169 e. The fraction of sp³-hybridized carbons (Fsp3) is 1.00. The third-order valence-corrected chi connectivity index (χ3v) is 81.4. The van der Waals surface area contributed by atoms with Crippen LogP contribution in [0.15, 0.2) is 0 Å². The minimum Gasteiger partial charge on any atom is -0.459 e. The van der Waals surface area contributed by atoms with Crippen molar-refractivity contribution in [1.82, 2.24) is 0 Å². The predicted octanol–water partition coefficient (Wildman–Crippen LogP) is 9.32. The van der Waals surface area contributed by atoms with Crippen molar-refractivity contribution in [2.24, 2.45) is 0 Å². The van der Waals surface area contributed by atoms with Crippen LogP contribution < -0.4 is 0 Å². The van der Waals surface area contributed by atoms with Gasteiger partial charge in [0.05, 0.1) is 14.2 Å². The van der Waals surface area contributed by atoms with E-state index in [0.717, 1.165) is 44.3 Å². The monoisotopic (exact) mass is 472 g/mol. The highest BCUT2D eigenvalue weighted by Crippen LogP contribution is 2.70. The average Bonchev–Trinajstić information content (AvgIpc) is 2.82. The zero-order valence-corrected chi connectivity index (χ0v) is 27.0. The van der Waals surface area contributed by atoms with Gasteiger partial charge >= 0.3 is 0 Å². The molecule has 1 aliphatic heterocycles. The Hall–Kier alpha value is 0.828. The molecule has 0 aliphatic carbocycles. The second-order valence-electron chi connectivity index (χ2n) is 12.7. The van der Waals surface area contributed by atoms with Gasteiger partial charge in [-0.1, -0.05) is 133 Å². The lowest BCUT2D eigenvalue weighted by Gasteiger charge is -2.62. The molecule has 1 aliphatic rings. The number of hydrogen-bond donors (Lipinski definition) is 0. The van der Waals surface area contributed by atoms with Crippen LogP contribution in [0.25, 0.3) is 0 Å². The van der Waals surface area contributed by atoms with Crippen LogP contribution in [-0.4, -0.2) is 29.9 Å². The largest absolute Gasteiger partial charge is 0.459 e. The Labute approximate surface area is 188 Å². The second-order valence-corrected chi connectivity index (χ2v) is 47.0. The summed E-state index contributed by atoms with van der Waals surface area (Å²) in [5.41, 5.74) is 6.27. The van der Waals surface area contributed by atoms with Gasteiger partial charge in [0.2, 0.25) is 0 Å². The van der Waals surface area contributed by atoms with E-state index in [-0.39, 0.29) is 0 Å². The van der Waals surface area contributed by atoms with Crippen molar-refractivity contribution >= 4 is 29.9 Å². The molecule has 0 aromatic carbocycles. The molecular weight excluding hydrogens is 417 g/mol. The smallest absolute Gasteiger partial charge is 0.169 e.